The highest BCUT2D eigenvalue weighted by Gasteiger charge is 2.46. The molecule has 0 unspecified atom stereocenters. The molecule has 27 heavy (non-hydrogen) atoms. The van der Waals surface area contributed by atoms with Crippen LogP contribution in [0.5, 0.6) is 5.75 Å². The summed E-state index contributed by atoms with van der Waals surface area (Å²) in [6.07, 6.45) is 6.98. The number of methoxy groups -OCH3 is 1. The first-order chi connectivity index (χ1) is 13.3. The van der Waals surface area contributed by atoms with Gasteiger partial charge in [-0.3, -0.25) is 0 Å². The molecule has 2 nitrogen and oxygen atoms in total. The molecule has 2 aromatic carbocycles. The molecule has 2 aromatic rings. The molecule has 0 saturated heterocycles. The first-order valence-corrected chi connectivity index (χ1v) is 10.4. The van der Waals surface area contributed by atoms with E-state index in [0.717, 1.165) is 35.2 Å². The van der Waals surface area contributed by atoms with E-state index in [9.17, 15) is 0 Å². The van der Waals surface area contributed by atoms with Crippen molar-refractivity contribution >= 4 is 5.76 Å². The Labute approximate surface area is 162 Å². The van der Waals surface area contributed by atoms with Gasteiger partial charge < -0.3 is 9.47 Å². The van der Waals surface area contributed by atoms with Gasteiger partial charge in [-0.05, 0) is 79.0 Å². The minimum Gasteiger partial charge on any atom is -0.496 e. The first kappa shape index (κ1) is 16.9. The van der Waals surface area contributed by atoms with E-state index in [1.54, 1.807) is 5.57 Å². The van der Waals surface area contributed by atoms with Crippen LogP contribution in [0.1, 0.15) is 43.2 Å². The summed E-state index contributed by atoms with van der Waals surface area (Å²) in [4.78, 5) is 0. The van der Waals surface area contributed by atoms with Crippen molar-refractivity contribution in [3.63, 3.8) is 0 Å². The number of rotatable bonds is 5. The Kier molecular flexibility index (Phi) is 4.43. The van der Waals surface area contributed by atoms with Crippen LogP contribution in [0.25, 0.3) is 5.76 Å². The third kappa shape index (κ3) is 3.26. The summed E-state index contributed by atoms with van der Waals surface area (Å²) in [5.74, 6) is 5.45. The quantitative estimate of drug-likeness (QED) is 0.602. The molecule has 0 radical (unpaired) electrons. The Morgan fingerprint density at radius 2 is 1.56 bits per heavy atom. The molecule has 4 fully saturated rings. The molecule has 4 aliphatic carbocycles. The second-order valence-corrected chi connectivity index (χ2v) is 8.60. The molecule has 4 aliphatic rings. The van der Waals surface area contributed by atoms with E-state index in [4.69, 9.17) is 9.47 Å². The average Bonchev–Trinajstić information content (AvgIpc) is 2.69. The summed E-state index contributed by atoms with van der Waals surface area (Å²) in [6, 6.07) is 18.8. The highest BCUT2D eigenvalue weighted by molar-refractivity contribution is 5.66. The van der Waals surface area contributed by atoms with Crippen LogP contribution in [-0.4, -0.2) is 7.11 Å². The Morgan fingerprint density at radius 3 is 2.22 bits per heavy atom. The van der Waals surface area contributed by atoms with Crippen molar-refractivity contribution in [2.75, 3.05) is 7.11 Å². The lowest BCUT2D eigenvalue weighted by atomic mass is 9.54. The van der Waals surface area contributed by atoms with Gasteiger partial charge in [-0.25, -0.2) is 0 Å². The zero-order valence-electron chi connectivity index (χ0n) is 16.1. The van der Waals surface area contributed by atoms with Gasteiger partial charge in [0.15, 0.2) is 0 Å². The van der Waals surface area contributed by atoms with E-state index in [-0.39, 0.29) is 0 Å². The Hall–Kier alpha value is -2.22. The van der Waals surface area contributed by atoms with Gasteiger partial charge in [-0.1, -0.05) is 42.5 Å². The normalized spacial score (nSPS) is 28.3. The second kappa shape index (κ2) is 7.07. The molecule has 0 spiro atoms. The predicted molar refractivity (Wildman–Crippen MR) is 108 cm³/mol. The van der Waals surface area contributed by atoms with Gasteiger partial charge in [-0.2, -0.15) is 0 Å². The fraction of sp³-hybridized carbons (Fsp3) is 0.440. The lowest BCUT2D eigenvalue weighted by Gasteiger charge is -2.51. The van der Waals surface area contributed by atoms with Crippen LogP contribution >= 0.6 is 0 Å². The standard InChI is InChI=1S/C25H28O2/c1-26-25(24-21-11-18-10-19(13-21)14-22(24)12-18)20-8-5-9-23(15-20)27-16-17-6-3-2-4-7-17/h2-9,15,18-19,21-22H,10-14,16H2,1H3. The van der Waals surface area contributed by atoms with Crippen molar-refractivity contribution in [2.24, 2.45) is 23.7 Å². The SMILES string of the molecule is COC(=C1C2CC3CC(C2)CC1C3)c1cccc(OCc2ccccc2)c1. The fourth-order valence-electron chi connectivity index (χ4n) is 5.93. The zero-order chi connectivity index (χ0) is 18.2. The lowest BCUT2D eigenvalue weighted by Crippen LogP contribution is -2.40. The van der Waals surface area contributed by atoms with E-state index in [2.05, 4.69) is 42.5 Å². The highest BCUT2D eigenvalue weighted by atomic mass is 16.5. The van der Waals surface area contributed by atoms with Crippen molar-refractivity contribution in [1.82, 2.24) is 0 Å². The summed E-state index contributed by atoms with van der Waals surface area (Å²) in [5, 5.41) is 0. The summed E-state index contributed by atoms with van der Waals surface area (Å²) in [5.41, 5.74) is 3.96. The van der Waals surface area contributed by atoms with Gasteiger partial charge in [0.1, 0.15) is 18.1 Å². The minimum atomic E-state index is 0.595. The minimum absolute atomic E-state index is 0.595. The fourth-order valence-corrected chi connectivity index (χ4v) is 5.93. The molecule has 2 heteroatoms. The van der Waals surface area contributed by atoms with E-state index in [0.29, 0.717) is 6.61 Å². The number of hydrogen-bond donors (Lipinski definition) is 0. The van der Waals surface area contributed by atoms with Gasteiger partial charge in [0, 0.05) is 5.56 Å². The van der Waals surface area contributed by atoms with E-state index in [1.165, 1.54) is 43.2 Å². The monoisotopic (exact) mass is 360 g/mol. The highest BCUT2D eigenvalue weighted by Crippen LogP contribution is 2.57. The molecule has 4 bridgehead atoms. The van der Waals surface area contributed by atoms with Crippen LogP contribution in [0.3, 0.4) is 0 Å². The second-order valence-electron chi connectivity index (χ2n) is 8.60. The maximum atomic E-state index is 6.05. The molecule has 0 N–H and O–H groups in total. The van der Waals surface area contributed by atoms with Crippen molar-refractivity contribution in [2.45, 2.75) is 38.7 Å². The lowest BCUT2D eigenvalue weighted by molar-refractivity contribution is 0.0675. The molecule has 0 aromatic heterocycles. The summed E-state index contributed by atoms with van der Waals surface area (Å²) < 4.78 is 12.1. The van der Waals surface area contributed by atoms with Crippen molar-refractivity contribution in [3.8, 4) is 5.75 Å². The van der Waals surface area contributed by atoms with Gasteiger partial charge in [0.2, 0.25) is 0 Å². The predicted octanol–water partition coefficient (Wildman–Crippen LogP) is 6.08. The summed E-state index contributed by atoms with van der Waals surface area (Å²) >= 11 is 0. The number of benzene rings is 2. The molecule has 0 heterocycles. The summed E-state index contributed by atoms with van der Waals surface area (Å²) in [6.45, 7) is 0.595. The van der Waals surface area contributed by atoms with Crippen LogP contribution in [0.15, 0.2) is 60.2 Å². The third-order valence-corrected chi connectivity index (χ3v) is 6.83. The molecule has 4 saturated carbocycles. The maximum Gasteiger partial charge on any atom is 0.125 e. The van der Waals surface area contributed by atoms with Crippen LogP contribution in [0.4, 0.5) is 0 Å². The molecule has 0 aliphatic heterocycles. The van der Waals surface area contributed by atoms with Gasteiger partial charge in [0.05, 0.1) is 7.11 Å². The van der Waals surface area contributed by atoms with Gasteiger partial charge >= 0.3 is 0 Å². The van der Waals surface area contributed by atoms with Gasteiger partial charge in [-0.15, -0.1) is 0 Å². The Balaban J connectivity index is 1.41. The smallest absolute Gasteiger partial charge is 0.125 e. The molecule has 6 rings (SSSR count). The van der Waals surface area contributed by atoms with Crippen LogP contribution in [-0.2, 0) is 11.3 Å². The van der Waals surface area contributed by atoms with Crippen molar-refractivity contribution in [1.29, 1.82) is 0 Å². The third-order valence-electron chi connectivity index (χ3n) is 6.83. The summed E-state index contributed by atoms with van der Waals surface area (Å²) in [7, 11) is 1.84. The molecule has 140 valence electrons. The maximum absolute atomic E-state index is 6.05. The van der Waals surface area contributed by atoms with E-state index >= 15 is 0 Å². The molecule has 0 atom stereocenters. The zero-order valence-corrected chi connectivity index (χ0v) is 16.1. The van der Waals surface area contributed by atoms with E-state index in [1.807, 2.05) is 19.2 Å². The number of hydrogen-bond acceptors (Lipinski definition) is 2. The first-order valence-electron chi connectivity index (χ1n) is 10.4. The van der Waals surface area contributed by atoms with Crippen LogP contribution in [0.2, 0.25) is 0 Å². The molecular weight excluding hydrogens is 332 g/mol. The molecule has 0 amide bonds. The average molecular weight is 360 g/mol. The van der Waals surface area contributed by atoms with Crippen molar-refractivity contribution in [3.05, 3.63) is 71.3 Å². The van der Waals surface area contributed by atoms with Gasteiger partial charge in [0.25, 0.3) is 0 Å². The number of allylic oxidation sites excluding steroid dienone is 1. The van der Waals surface area contributed by atoms with E-state index < -0.39 is 0 Å². The largest absolute Gasteiger partial charge is 0.496 e. The topological polar surface area (TPSA) is 18.5 Å². The molecular formula is C25H28O2. The number of ether oxygens (including phenoxy) is 2. The van der Waals surface area contributed by atoms with Crippen molar-refractivity contribution < 1.29 is 9.47 Å². The van der Waals surface area contributed by atoms with Crippen LogP contribution in [0, 0.1) is 23.7 Å². The van der Waals surface area contributed by atoms with Crippen LogP contribution < -0.4 is 4.74 Å². The Morgan fingerprint density at radius 1 is 0.852 bits per heavy atom. The Bertz CT molecular complexity index is 806.